The Labute approximate surface area is 74.3 Å². The van der Waals surface area contributed by atoms with Crippen molar-refractivity contribution in [2.24, 2.45) is 4.99 Å². The van der Waals surface area contributed by atoms with Crippen molar-refractivity contribution in [2.45, 2.75) is 19.8 Å². The van der Waals surface area contributed by atoms with Gasteiger partial charge in [0.25, 0.3) is 0 Å². The molecule has 1 aliphatic heterocycles. The minimum Gasteiger partial charge on any atom is -0.236 e. The molecule has 62 valence electrons. The monoisotopic (exact) mass is 237 g/mol. The largest absolute Gasteiger partial charge is 0.236 e. The molecule has 5 heteroatoms. The molecule has 0 atom stereocenters. The minimum absolute atomic E-state index is 0.0356. The van der Waals surface area contributed by atoms with Crippen molar-refractivity contribution in [3.05, 3.63) is 11.1 Å². The van der Waals surface area contributed by atoms with Crippen LogP contribution in [0.1, 0.15) is 19.8 Å². The summed E-state index contributed by atoms with van der Waals surface area (Å²) in [6, 6.07) is 0. The van der Waals surface area contributed by atoms with Crippen molar-refractivity contribution in [3.8, 4) is 0 Å². The smallest absolute Gasteiger partial charge is 0.228 e. The van der Waals surface area contributed by atoms with Crippen LogP contribution >= 0.6 is 15.9 Å². The van der Waals surface area contributed by atoms with E-state index in [4.69, 9.17) is 0 Å². The molecule has 1 heterocycles. The van der Waals surface area contributed by atoms with E-state index in [1.807, 2.05) is 6.92 Å². The molecule has 0 aliphatic carbocycles. The highest BCUT2D eigenvalue weighted by Crippen LogP contribution is 2.23. The third kappa shape index (κ3) is 1.54. The molecule has 0 unspecified atom stereocenters. The molecule has 0 saturated carbocycles. The molecule has 0 N–H and O–H groups in total. The molecule has 1 aliphatic rings. The van der Waals surface area contributed by atoms with Gasteiger partial charge in [0.1, 0.15) is 0 Å². The lowest BCUT2D eigenvalue weighted by molar-refractivity contribution is 0.611. The van der Waals surface area contributed by atoms with E-state index in [1.54, 1.807) is 0 Å². The fourth-order valence-electron chi connectivity index (χ4n) is 0.815. The van der Waals surface area contributed by atoms with Crippen molar-refractivity contribution in [1.82, 2.24) is 0 Å². The fraction of sp³-hybridized carbons (Fsp3) is 0.500. The van der Waals surface area contributed by atoms with E-state index in [0.29, 0.717) is 11.3 Å². The Morgan fingerprint density at radius 1 is 1.64 bits per heavy atom. The maximum Gasteiger partial charge on any atom is 0.228 e. The molecule has 0 bridgehead atoms. The van der Waals surface area contributed by atoms with Gasteiger partial charge >= 0.3 is 0 Å². The van der Waals surface area contributed by atoms with Crippen LogP contribution in [0.2, 0.25) is 0 Å². The molecule has 0 spiro atoms. The van der Waals surface area contributed by atoms with Crippen LogP contribution in [-0.4, -0.2) is 12.4 Å². The van der Waals surface area contributed by atoms with Gasteiger partial charge in [-0.2, -0.15) is 0 Å². The summed E-state index contributed by atoms with van der Waals surface area (Å²) in [6.07, 6.45) is 2.80. The van der Waals surface area contributed by atoms with Crippen molar-refractivity contribution >= 4 is 29.7 Å². The maximum atomic E-state index is 11.2. The molecule has 0 aromatic heterocycles. The zero-order chi connectivity index (χ0) is 8.48. The Morgan fingerprint density at radius 2 is 2.27 bits per heavy atom. The second kappa shape index (κ2) is 3.06. The Bertz CT molecular complexity index is 315. The Balaban J connectivity index is 2.93. The normalized spacial score (nSPS) is 21.3. The number of aliphatic imine (C=N–C) groups is 1. The van der Waals surface area contributed by atoms with Gasteiger partial charge in [0.15, 0.2) is 0 Å². The lowest BCUT2D eigenvalue weighted by Gasteiger charge is -1.97. The van der Waals surface area contributed by atoms with Gasteiger partial charge in [-0.25, -0.2) is 13.4 Å². The van der Waals surface area contributed by atoms with Gasteiger partial charge in [-0.1, -0.05) is 13.3 Å². The maximum absolute atomic E-state index is 11.2. The van der Waals surface area contributed by atoms with Crippen LogP contribution in [-0.2, 0) is 9.84 Å². The molecule has 11 heavy (non-hydrogen) atoms. The first-order valence-electron chi connectivity index (χ1n) is 3.26. The zero-order valence-corrected chi connectivity index (χ0v) is 8.44. The van der Waals surface area contributed by atoms with E-state index in [0.717, 1.165) is 6.42 Å². The summed E-state index contributed by atoms with van der Waals surface area (Å²) in [7, 11) is -3.20. The number of nitrogens with zero attached hydrogens (tertiary/aromatic N) is 1. The lowest BCUT2D eigenvalue weighted by atomic mass is 10.3. The zero-order valence-electron chi connectivity index (χ0n) is 6.04. The molecule has 1 rings (SSSR count). The highest BCUT2D eigenvalue weighted by Gasteiger charge is 2.26. The van der Waals surface area contributed by atoms with Gasteiger partial charge in [0, 0.05) is 6.20 Å². The topological polar surface area (TPSA) is 46.5 Å². The van der Waals surface area contributed by atoms with Crippen molar-refractivity contribution in [3.63, 3.8) is 0 Å². The average molecular weight is 238 g/mol. The van der Waals surface area contributed by atoms with Crippen LogP contribution in [0.15, 0.2) is 16.1 Å². The summed E-state index contributed by atoms with van der Waals surface area (Å²) >= 11 is 2.88. The molecule has 0 radical (unpaired) electrons. The summed E-state index contributed by atoms with van der Waals surface area (Å²) in [5, 5.41) is 0. The van der Waals surface area contributed by atoms with E-state index in [1.165, 1.54) is 6.20 Å². The first kappa shape index (κ1) is 8.93. The number of rotatable bonds is 2. The van der Waals surface area contributed by atoms with Gasteiger partial charge in [0.05, 0.1) is 4.91 Å². The molecule has 0 aromatic carbocycles. The number of hydrogen-bond acceptors (Lipinski definition) is 3. The second-order valence-corrected chi connectivity index (χ2v) is 5.42. The van der Waals surface area contributed by atoms with Crippen molar-refractivity contribution in [1.29, 1.82) is 0 Å². The van der Waals surface area contributed by atoms with Crippen LogP contribution in [0.25, 0.3) is 0 Å². The molecule has 0 amide bonds. The minimum atomic E-state index is -3.20. The SMILES string of the molecule is CCCC1=CN=C(Br)S1(=O)=O. The summed E-state index contributed by atoms with van der Waals surface area (Å²) < 4.78 is 22.5. The number of allylic oxidation sites excluding steroid dienone is 1. The third-order valence-electron chi connectivity index (χ3n) is 1.37. The summed E-state index contributed by atoms with van der Waals surface area (Å²) in [5.41, 5.74) is 0. The standard InChI is InChI=1S/C6H8BrNO2S/c1-2-3-5-4-8-6(7)11(5,9)10/h4H,2-3H2,1H3. The van der Waals surface area contributed by atoms with E-state index in [-0.39, 0.29) is 3.95 Å². The molecule has 3 nitrogen and oxygen atoms in total. The number of sulfone groups is 1. The van der Waals surface area contributed by atoms with Crippen LogP contribution in [0.5, 0.6) is 0 Å². The van der Waals surface area contributed by atoms with E-state index in [9.17, 15) is 8.42 Å². The van der Waals surface area contributed by atoms with Crippen LogP contribution in [0.4, 0.5) is 0 Å². The van der Waals surface area contributed by atoms with Crippen LogP contribution < -0.4 is 0 Å². The second-order valence-electron chi connectivity index (χ2n) is 2.23. The van der Waals surface area contributed by atoms with Gasteiger partial charge in [-0.3, -0.25) is 0 Å². The predicted molar refractivity (Wildman–Crippen MR) is 48.3 cm³/mol. The number of halogens is 1. The van der Waals surface area contributed by atoms with Gasteiger partial charge in [0.2, 0.25) is 13.8 Å². The van der Waals surface area contributed by atoms with Crippen molar-refractivity contribution in [2.75, 3.05) is 0 Å². The van der Waals surface area contributed by atoms with Gasteiger partial charge in [-0.05, 0) is 22.4 Å². The highest BCUT2D eigenvalue weighted by molar-refractivity contribution is 9.21. The van der Waals surface area contributed by atoms with E-state index < -0.39 is 9.84 Å². The van der Waals surface area contributed by atoms with Gasteiger partial charge < -0.3 is 0 Å². The molecule has 0 saturated heterocycles. The fourth-order valence-corrected chi connectivity index (χ4v) is 2.61. The van der Waals surface area contributed by atoms with E-state index >= 15 is 0 Å². The highest BCUT2D eigenvalue weighted by atomic mass is 79.9. The summed E-state index contributed by atoms with van der Waals surface area (Å²) in [4.78, 5) is 4.08. The lowest BCUT2D eigenvalue weighted by Crippen LogP contribution is -2.06. The Morgan fingerprint density at radius 3 is 2.64 bits per heavy atom. The first-order valence-corrected chi connectivity index (χ1v) is 5.54. The Hall–Kier alpha value is -0.160. The summed E-state index contributed by atoms with van der Waals surface area (Å²) in [5.74, 6) is 0. The van der Waals surface area contributed by atoms with Crippen LogP contribution in [0, 0.1) is 0 Å². The molecular formula is C6H8BrNO2S. The summed E-state index contributed by atoms with van der Waals surface area (Å²) in [6.45, 7) is 1.93. The van der Waals surface area contributed by atoms with Gasteiger partial charge in [-0.15, -0.1) is 0 Å². The van der Waals surface area contributed by atoms with E-state index in [2.05, 4.69) is 20.9 Å². The van der Waals surface area contributed by atoms with Crippen LogP contribution in [0.3, 0.4) is 0 Å². The quantitative estimate of drug-likeness (QED) is 0.736. The molecule has 0 fully saturated rings. The van der Waals surface area contributed by atoms with Crippen molar-refractivity contribution < 1.29 is 8.42 Å². The average Bonchev–Trinajstić information content (AvgIpc) is 2.16. The molecular weight excluding hydrogens is 230 g/mol. The Kier molecular flexibility index (Phi) is 2.49. The first-order chi connectivity index (χ1) is 5.09. The predicted octanol–water partition coefficient (Wildman–Crippen LogP) is 1.81. The third-order valence-corrected chi connectivity index (χ3v) is 4.41. The number of hydrogen-bond donors (Lipinski definition) is 0. The molecule has 0 aromatic rings.